The summed E-state index contributed by atoms with van der Waals surface area (Å²) in [7, 11) is 1.61. The quantitative estimate of drug-likeness (QED) is 0.457. The molecule has 1 unspecified atom stereocenters. The predicted molar refractivity (Wildman–Crippen MR) is 121 cm³/mol. The summed E-state index contributed by atoms with van der Waals surface area (Å²) in [4.78, 5) is 9.24. The van der Waals surface area contributed by atoms with E-state index < -0.39 is 12.7 Å². The summed E-state index contributed by atoms with van der Waals surface area (Å²) in [5.74, 6) is 2.06. The number of hydrogen-bond acceptors (Lipinski definition) is 8. The standard InChI is InChI=1S/C23H28ClN3O5/c1-5-14(6-2)19-9-17(30-4)10-20(25-19)23-26-22(27-32-23)15-7-13(3)21(18(24)8-15)31-12-16(29)11-28/h7-10,14,16,28-29H,5-6,11-12H2,1-4H3. The fourth-order valence-electron chi connectivity index (χ4n) is 3.39. The Labute approximate surface area is 192 Å². The van der Waals surface area contributed by atoms with Crippen LogP contribution in [-0.2, 0) is 0 Å². The molecule has 0 amide bonds. The normalized spacial score (nSPS) is 12.2. The lowest BCUT2D eigenvalue weighted by Gasteiger charge is -2.14. The Kier molecular flexibility index (Phi) is 8.06. The fourth-order valence-corrected chi connectivity index (χ4v) is 3.71. The number of hydrogen-bond donors (Lipinski definition) is 2. The molecular weight excluding hydrogens is 434 g/mol. The Morgan fingerprint density at radius 1 is 1.12 bits per heavy atom. The number of aliphatic hydroxyl groups excluding tert-OH is 2. The van der Waals surface area contributed by atoms with E-state index in [4.69, 9.17) is 35.7 Å². The molecule has 0 aliphatic rings. The molecule has 0 bridgehead atoms. The first-order valence-corrected chi connectivity index (χ1v) is 10.9. The lowest BCUT2D eigenvalue weighted by molar-refractivity contribution is 0.0534. The molecule has 0 saturated heterocycles. The van der Waals surface area contributed by atoms with Crippen LogP contribution in [0.2, 0.25) is 5.02 Å². The Hall–Kier alpha value is -2.68. The SMILES string of the molecule is CCC(CC)c1cc(OC)cc(-c2nc(-c3cc(C)c(OCC(O)CO)c(Cl)c3)no2)n1. The van der Waals surface area contributed by atoms with Gasteiger partial charge in [0.2, 0.25) is 5.82 Å². The van der Waals surface area contributed by atoms with E-state index >= 15 is 0 Å². The summed E-state index contributed by atoms with van der Waals surface area (Å²) in [6.45, 7) is 5.62. The summed E-state index contributed by atoms with van der Waals surface area (Å²) in [5.41, 5.74) is 2.86. The predicted octanol–water partition coefficient (Wildman–Crippen LogP) is 4.40. The highest BCUT2D eigenvalue weighted by atomic mass is 35.5. The molecule has 9 heteroatoms. The summed E-state index contributed by atoms with van der Waals surface area (Å²) >= 11 is 6.38. The van der Waals surface area contributed by atoms with Gasteiger partial charge in [-0.25, -0.2) is 4.98 Å². The minimum Gasteiger partial charge on any atom is -0.497 e. The molecule has 3 rings (SSSR count). The molecule has 0 aliphatic heterocycles. The molecule has 0 fully saturated rings. The number of aliphatic hydroxyl groups is 2. The van der Waals surface area contributed by atoms with Gasteiger partial charge in [-0.05, 0) is 37.5 Å². The van der Waals surface area contributed by atoms with Gasteiger partial charge in [0, 0.05) is 29.3 Å². The van der Waals surface area contributed by atoms with Gasteiger partial charge in [0.25, 0.3) is 5.89 Å². The summed E-state index contributed by atoms with van der Waals surface area (Å²) in [6, 6.07) is 7.19. The first-order chi connectivity index (χ1) is 15.4. The number of aryl methyl sites for hydroxylation is 1. The highest BCUT2D eigenvalue weighted by Gasteiger charge is 2.19. The van der Waals surface area contributed by atoms with Crippen LogP contribution in [0, 0.1) is 6.92 Å². The number of ether oxygens (including phenoxy) is 2. The Morgan fingerprint density at radius 3 is 2.50 bits per heavy atom. The average molecular weight is 462 g/mol. The van der Waals surface area contributed by atoms with E-state index in [0.717, 1.165) is 24.1 Å². The van der Waals surface area contributed by atoms with E-state index in [0.29, 0.717) is 39.5 Å². The number of pyridine rings is 1. The Morgan fingerprint density at radius 2 is 1.88 bits per heavy atom. The summed E-state index contributed by atoms with van der Waals surface area (Å²) < 4.78 is 16.5. The second-order valence-electron chi connectivity index (χ2n) is 7.51. The van der Waals surface area contributed by atoms with Crippen molar-refractivity contribution in [2.75, 3.05) is 20.3 Å². The number of nitrogens with zero attached hydrogens (tertiary/aromatic N) is 3. The molecule has 2 heterocycles. The third kappa shape index (κ3) is 5.38. The van der Waals surface area contributed by atoms with Crippen LogP contribution in [0.25, 0.3) is 23.0 Å². The average Bonchev–Trinajstić information content (AvgIpc) is 3.29. The van der Waals surface area contributed by atoms with Crippen molar-refractivity contribution in [3.63, 3.8) is 0 Å². The molecule has 1 atom stereocenters. The molecule has 0 radical (unpaired) electrons. The zero-order chi connectivity index (χ0) is 23.3. The van der Waals surface area contributed by atoms with Crippen LogP contribution in [-0.4, -0.2) is 51.8 Å². The minimum atomic E-state index is -0.981. The lowest BCUT2D eigenvalue weighted by Crippen LogP contribution is -2.21. The maximum atomic E-state index is 9.50. The molecule has 0 saturated carbocycles. The van der Waals surface area contributed by atoms with E-state index in [1.165, 1.54) is 0 Å². The van der Waals surface area contributed by atoms with Gasteiger partial charge < -0.3 is 24.2 Å². The third-order valence-corrected chi connectivity index (χ3v) is 5.50. The van der Waals surface area contributed by atoms with E-state index in [1.54, 1.807) is 19.2 Å². The lowest BCUT2D eigenvalue weighted by atomic mass is 9.98. The van der Waals surface area contributed by atoms with Gasteiger partial charge in [0.1, 0.15) is 29.9 Å². The van der Waals surface area contributed by atoms with Crippen LogP contribution in [0.5, 0.6) is 11.5 Å². The van der Waals surface area contributed by atoms with Crippen molar-refractivity contribution < 1.29 is 24.2 Å². The van der Waals surface area contributed by atoms with Gasteiger partial charge in [-0.3, -0.25) is 0 Å². The molecule has 0 spiro atoms. The van der Waals surface area contributed by atoms with Crippen molar-refractivity contribution in [1.82, 2.24) is 15.1 Å². The van der Waals surface area contributed by atoms with Crippen LogP contribution in [0.15, 0.2) is 28.8 Å². The van der Waals surface area contributed by atoms with Crippen LogP contribution in [0.3, 0.4) is 0 Å². The topological polar surface area (TPSA) is 111 Å². The fraction of sp³-hybridized carbons (Fsp3) is 0.435. The smallest absolute Gasteiger partial charge is 0.276 e. The number of methoxy groups -OCH3 is 1. The van der Waals surface area contributed by atoms with Gasteiger partial charge in [-0.1, -0.05) is 30.6 Å². The maximum Gasteiger partial charge on any atom is 0.276 e. The van der Waals surface area contributed by atoms with Gasteiger partial charge >= 0.3 is 0 Å². The van der Waals surface area contributed by atoms with Crippen LogP contribution >= 0.6 is 11.6 Å². The first kappa shape index (κ1) is 24.0. The first-order valence-electron chi connectivity index (χ1n) is 10.5. The number of aromatic nitrogens is 3. The number of halogens is 1. The molecule has 2 aromatic heterocycles. The van der Waals surface area contributed by atoms with Crippen molar-refractivity contribution in [2.45, 2.75) is 45.6 Å². The number of benzene rings is 1. The second kappa shape index (κ2) is 10.8. The van der Waals surface area contributed by atoms with Gasteiger partial charge in [-0.15, -0.1) is 0 Å². The summed E-state index contributed by atoms with van der Waals surface area (Å²) in [5, 5.41) is 22.9. The van der Waals surface area contributed by atoms with Crippen molar-refractivity contribution >= 4 is 11.6 Å². The number of rotatable bonds is 10. The third-order valence-electron chi connectivity index (χ3n) is 5.22. The van der Waals surface area contributed by atoms with Gasteiger partial charge in [-0.2, -0.15) is 4.98 Å². The van der Waals surface area contributed by atoms with E-state index in [9.17, 15) is 5.11 Å². The molecule has 0 aliphatic carbocycles. The molecule has 172 valence electrons. The van der Waals surface area contributed by atoms with Gasteiger partial charge in [0.05, 0.1) is 18.7 Å². The molecule has 2 N–H and O–H groups in total. The van der Waals surface area contributed by atoms with Crippen molar-refractivity contribution in [3.8, 4) is 34.5 Å². The second-order valence-corrected chi connectivity index (χ2v) is 7.91. The molecule has 32 heavy (non-hydrogen) atoms. The van der Waals surface area contributed by atoms with Gasteiger partial charge in [0.15, 0.2) is 0 Å². The van der Waals surface area contributed by atoms with Crippen molar-refractivity contribution in [2.24, 2.45) is 0 Å². The summed E-state index contributed by atoms with van der Waals surface area (Å²) in [6.07, 6.45) is 0.949. The molecular formula is C23H28ClN3O5. The molecule has 8 nitrogen and oxygen atoms in total. The van der Waals surface area contributed by atoms with Crippen LogP contribution < -0.4 is 9.47 Å². The van der Waals surface area contributed by atoms with Crippen LogP contribution in [0.1, 0.15) is 43.9 Å². The zero-order valence-electron chi connectivity index (χ0n) is 18.6. The minimum absolute atomic E-state index is 0.0663. The van der Waals surface area contributed by atoms with E-state index in [-0.39, 0.29) is 12.5 Å². The van der Waals surface area contributed by atoms with Crippen molar-refractivity contribution in [3.05, 3.63) is 40.5 Å². The maximum absolute atomic E-state index is 9.50. The highest BCUT2D eigenvalue weighted by molar-refractivity contribution is 6.32. The van der Waals surface area contributed by atoms with Crippen LogP contribution in [0.4, 0.5) is 0 Å². The largest absolute Gasteiger partial charge is 0.497 e. The van der Waals surface area contributed by atoms with Crippen molar-refractivity contribution in [1.29, 1.82) is 0 Å². The Bertz CT molecular complexity index is 1030. The molecule has 1 aromatic carbocycles. The molecule has 3 aromatic rings. The Balaban J connectivity index is 1.91. The highest BCUT2D eigenvalue weighted by Crippen LogP contribution is 2.34. The van der Waals surface area contributed by atoms with E-state index in [1.807, 2.05) is 19.1 Å². The monoisotopic (exact) mass is 461 g/mol. The zero-order valence-corrected chi connectivity index (χ0v) is 19.4. The van der Waals surface area contributed by atoms with E-state index in [2.05, 4.69) is 24.0 Å².